The highest BCUT2D eigenvalue weighted by Gasteiger charge is 2.53. The summed E-state index contributed by atoms with van der Waals surface area (Å²) in [5.74, 6) is 1.09. The van der Waals surface area contributed by atoms with Crippen molar-refractivity contribution in [3.63, 3.8) is 0 Å². The fraction of sp³-hybridized carbons (Fsp3) is 0.941. The average Bonchev–Trinajstić information content (AvgIpc) is 2.95. The van der Waals surface area contributed by atoms with E-state index < -0.39 is 0 Å². The Morgan fingerprint density at radius 1 is 1.15 bits per heavy atom. The van der Waals surface area contributed by atoms with Crippen LogP contribution in [-0.4, -0.2) is 28.6 Å². The number of carbonyl (C=O) groups excluding carboxylic acids is 1. The quantitative estimate of drug-likeness (QED) is 0.785. The second-order valence-electron chi connectivity index (χ2n) is 7.25. The van der Waals surface area contributed by atoms with Crippen molar-refractivity contribution in [2.45, 2.75) is 95.8 Å². The predicted octanol–water partition coefficient (Wildman–Crippen LogP) is 3.44. The molecule has 2 aliphatic carbocycles. The van der Waals surface area contributed by atoms with E-state index in [1.807, 2.05) is 0 Å². The summed E-state index contributed by atoms with van der Waals surface area (Å²) < 4.78 is 0. The van der Waals surface area contributed by atoms with Crippen LogP contribution in [0.4, 0.5) is 0 Å². The Morgan fingerprint density at radius 3 is 2.55 bits per heavy atom. The van der Waals surface area contributed by atoms with Crippen LogP contribution in [0.25, 0.3) is 0 Å². The topological polar surface area (TPSA) is 32.3 Å². The molecule has 1 saturated heterocycles. The molecule has 0 aromatic rings. The third kappa shape index (κ3) is 2.28. The fourth-order valence-electron chi connectivity index (χ4n) is 4.74. The summed E-state index contributed by atoms with van der Waals surface area (Å²) in [5.41, 5.74) is -0.188. The number of rotatable bonds is 2. The second-order valence-corrected chi connectivity index (χ2v) is 7.25. The largest absolute Gasteiger partial charge is 0.322 e. The Labute approximate surface area is 123 Å². The molecule has 1 spiro atoms. The number of hydrogen-bond donors (Lipinski definition) is 1. The van der Waals surface area contributed by atoms with Gasteiger partial charge < -0.3 is 4.90 Å². The van der Waals surface area contributed by atoms with Crippen LogP contribution < -0.4 is 5.32 Å². The summed E-state index contributed by atoms with van der Waals surface area (Å²) in [5, 5.41) is 3.73. The first-order valence-corrected chi connectivity index (χ1v) is 8.78. The number of amides is 1. The molecule has 0 aromatic carbocycles. The van der Waals surface area contributed by atoms with E-state index in [-0.39, 0.29) is 11.7 Å². The van der Waals surface area contributed by atoms with E-state index in [0.717, 1.165) is 19.3 Å². The van der Waals surface area contributed by atoms with Gasteiger partial charge in [0.15, 0.2) is 0 Å². The van der Waals surface area contributed by atoms with E-state index in [9.17, 15) is 4.79 Å². The van der Waals surface area contributed by atoms with Gasteiger partial charge in [-0.05, 0) is 38.0 Å². The standard InChI is InChI=1S/C17H30N2O/c1-3-15-18-17(11-7-8-12-17)16(20)19(15)14-10-6-4-5-9-13(14)2/h13-15,18H,3-12H2,1-2H3. The van der Waals surface area contributed by atoms with E-state index in [2.05, 4.69) is 24.1 Å². The molecule has 3 atom stereocenters. The smallest absolute Gasteiger partial charge is 0.244 e. The van der Waals surface area contributed by atoms with Crippen LogP contribution in [-0.2, 0) is 4.79 Å². The highest BCUT2D eigenvalue weighted by molar-refractivity contribution is 5.89. The van der Waals surface area contributed by atoms with Gasteiger partial charge in [-0.2, -0.15) is 0 Å². The first-order valence-electron chi connectivity index (χ1n) is 8.78. The zero-order valence-electron chi connectivity index (χ0n) is 13.2. The lowest BCUT2D eigenvalue weighted by Gasteiger charge is -2.35. The van der Waals surface area contributed by atoms with Gasteiger partial charge in [-0.25, -0.2) is 0 Å². The molecule has 3 fully saturated rings. The molecule has 3 heteroatoms. The van der Waals surface area contributed by atoms with E-state index >= 15 is 0 Å². The molecule has 2 saturated carbocycles. The van der Waals surface area contributed by atoms with Gasteiger partial charge in [-0.1, -0.05) is 46.0 Å². The minimum absolute atomic E-state index is 0.188. The number of carbonyl (C=O) groups is 1. The van der Waals surface area contributed by atoms with Crippen LogP contribution in [0, 0.1) is 5.92 Å². The second kappa shape index (κ2) is 5.67. The monoisotopic (exact) mass is 278 g/mol. The maximum absolute atomic E-state index is 13.1. The molecule has 20 heavy (non-hydrogen) atoms. The van der Waals surface area contributed by atoms with Crippen LogP contribution in [0.3, 0.4) is 0 Å². The van der Waals surface area contributed by atoms with Crippen molar-refractivity contribution in [3.05, 3.63) is 0 Å². The molecule has 3 nitrogen and oxygen atoms in total. The van der Waals surface area contributed by atoms with E-state index in [1.165, 1.54) is 44.9 Å². The lowest BCUT2D eigenvalue weighted by Crippen LogP contribution is -2.47. The molecule has 1 amide bonds. The summed E-state index contributed by atoms with van der Waals surface area (Å²) in [6.07, 6.45) is 12.3. The summed E-state index contributed by atoms with van der Waals surface area (Å²) >= 11 is 0. The molecule has 0 radical (unpaired) electrons. The Balaban J connectivity index is 1.84. The molecule has 1 aliphatic heterocycles. The zero-order chi connectivity index (χ0) is 14.2. The molecular weight excluding hydrogens is 248 g/mol. The van der Waals surface area contributed by atoms with Crippen molar-refractivity contribution in [1.29, 1.82) is 0 Å². The van der Waals surface area contributed by atoms with Crippen molar-refractivity contribution < 1.29 is 4.79 Å². The lowest BCUT2D eigenvalue weighted by atomic mass is 9.92. The van der Waals surface area contributed by atoms with E-state index in [0.29, 0.717) is 17.9 Å². The molecular formula is C17H30N2O. The Hall–Kier alpha value is -0.570. The van der Waals surface area contributed by atoms with Crippen molar-refractivity contribution in [2.75, 3.05) is 0 Å². The first kappa shape index (κ1) is 14.4. The first-order chi connectivity index (χ1) is 9.68. The summed E-state index contributed by atoms with van der Waals surface area (Å²) in [4.78, 5) is 15.4. The van der Waals surface area contributed by atoms with Gasteiger partial charge in [0, 0.05) is 6.04 Å². The van der Waals surface area contributed by atoms with Crippen molar-refractivity contribution in [1.82, 2.24) is 10.2 Å². The Morgan fingerprint density at radius 2 is 1.85 bits per heavy atom. The van der Waals surface area contributed by atoms with Gasteiger partial charge in [-0.15, -0.1) is 0 Å². The van der Waals surface area contributed by atoms with Crippen molar-refractivity contribution in [3.8, 4) is 0 Å². The van der Waals surface area contributed by atoms with Crippen LogP contribution in [0.1, 0.15) is 78.1 Å². The minimum Gasteiger partial charge on any atom is -0.322 e. The van der Waals surface area contributed by atoms with Gasteiger partial charge in [0.2, 0.25) is 5.91 Å². The van der Waals surface area contributed by atoms with Crippen LogP contribution in [0.15, 0.2) is 0 Å². The highest BCUT2D eigenvalue weighted by atomic mass is 16.2. The third-order valence-electron chi connectivity index (χ3n) is 5.94. The van der Waals surface area contributed by atoms with Crippen molar-refractivity contribution in [2.24, 2.45) is 5.92 Å². The van der Waals surface area contributed by atoms with E-state index in [4.69, 9.17) is 0 Å². The van der Waals surface area contributed by atoms with Crippen molar-refractivity contribution >= 4 is 5.91 Å². The Kier molecular flexibility index (Phi) is 4.07. The zero-order valence-corrected chi connectivity index (χ0v) is 13.2. The van der Waals surface area contributed by atoms with Crippen LogP contribution in [0.2, 0.25) is 0 Å². The van der Waals surface area contributed by atoms with E-state index in [1.54, 1.807) is 0 Å². The van der Waals surface area contributed by atoms with Crippen LogP contribution >= 0.6 is 0 Å². The Bertz CT molecular complexity index is 362. The third-order valence-corrected chi connectivity index (χ3v) is 5.94. The maximum Gasteiger partial charge on any atom is 0.244 e. The molecule has 0 bridgehead atoms. The number of hydrogen-bond acceptors (Lipinski definition) is 2. The minimum atomic E-state index is -0.188. The van der Waals surface area contributed by atoms with Gasteiger partial charge in [0.1, 0.15) is 0 Å². The summed E-state index contributed by atoms with van der Waals surface area (Å²) in [7, 11) is 0. The SMILES string of the molecule is CCC1NC2(CCCC2)C(=O)N1C1CCCCCC1C. The van der Waals surface area contributed by atoms with Gasteiger partial charge in [-0.3, -0.25) is 10.1 Å². The summed E-state index contributed by atoms with van der Waals surface area (Å²) in [6, 6.07) is 0.474. The fourth-order valence-corrected chi connectivity index (χ4v) is 4.74. The highest BCUT2D eigenvalue weighted by Crippen LogP contribution is 2.40. The van der Waals surface area contributed by atoms with Gasteiger partial charge >= 0.3 is 0 Å². The molecule has 3 unspecified atom stereocenters. The van der Waals surface area contributed by atoms with Gasteiger partial charge in [0.25, 0.3) is 0 Å². The average molecular weight is 278 g/mol. The number of nitrogens with zero attached hydrogens (tertiary/aromatic N) is 1. The maximum atomic E-state index is 13.1. The number of nitrogens with one attached hydrogen (secondary N) is 1. The molecule has 3 aliphatic rings. The van der Waals surface area contributed by atoms with Crippen LogP contribution in [0.5, 0.6) is 0 Å². The predicted molar refractivity (Wildman–Crippen MR) is 81.3 cm³/mol. The molecule has 114 valence electrons. The molecule has 1 N–H and O–H groups in total. The normalized spacial score (nSPS) is 37.6. The molecule has 1 heterocycles. The molecule has 0 aromatic heterocycles. The van der Waals surface area contributed by atoms with Gasteiger partial charge in [0.05, 0.1) is 11.7 Å². The summed E-state index contributed by atoms with van der Waals surface area (Å²) in [6.45, 7) is 4.57. The molecule has 3 rings (SSSR count). The lowest BCUT2D eigenvalue weighted by molar-refractivity contribution is -0.136.